The van der Waals surface area contributed by atoms with E-state index >= 15 is 0 Å². The van der Waals surface area contributed by atoms with E-state index in [1.807, 2.05) is 18.3 Å². The Morgan fingerprint density at radius 2 is 1.64 bits per heavy atom. The zero-order chi connectivity index (χ0) is 29.3. The largest absolute Gasteiger partial charge is 0.497 e. The molecule has 2 aliphatic heterocycles. The molecular weight excluding hydrogens is 558 g/mol. The number of carboxylic acids is 2. The van der Waals surface area contributed by atoms with Gasteiger partial charge in [0.05, 0.1) is 19.8 Å². The maximum absolute atomic E-state index is 10.6. The average molecular weight is 585 g/mol. The number of carbonyl (C=O) groups is 2. The standard InChI is InChI=1S/C20H24N2O2S.2C2HF3O2/c1-23-18-6-2-4-16(8-18)11-22-14-20(15-22)9-19(13-25-20)24-12-17-5-3-7-21-10-17;2*3-2(4,5)1(6)7/h2-8,10,19H,9,11-15H2,1H3;2*(H,6,7). The third-order valence-electron chi connectivity index (χ3n) is 5.43. The van der Waals surface area contributed by atoms with Crippen LogP contribution in [0.3, 0.4) is 0 Å². The topological polar surface area (TPSA) is 109 Å². The highest BCUT2D eigenvalue weighted by molar-refractivity contribution is 8.01. The molecule has 2 fully saturated rings. The van der Waals surface area contributed by atoms with Crippen LogP contribution in [0, 0.1) is 0 Å². The predicted molar refractivity (Wildman–Crippen MR) is 128 cm³/mol. The van der Waals surface area contributed by atoms with Gasteiger partial charge in [-0.15, -0.1) is 11.8 Å². The molecule has 3 heterocycles. The lowest BCUT2D eigenvalue weighted by Gasteiger charge is -2.47. The zero-order valence-corrected chi connectivity index (χ0v) is 21.4. The molecule has 1 aromatic carbocycles. The molecule has 15 heteroatoms. The Labute approximate surface area is 223 Å². The molecule has 0 amide bonds. The summed E-state index contributed by atoms with van der Waals surface area (Å²) in [5, 5.41) is 14.2. The first kappa shape index (κ1) is 32.2. The van der Waals surface area contributed by atoms with E-state index < -0.39 is 24.3 Å². The summed E-state index contributed by atoms with van der Waals surface area (Å²) in [7, 11) is 1.72. The van der Waals surface area contributed by atoms with Gasteiger partial charge < -0.3 is 19.7 Å². The maximum Gasteiger partial charge on any atom is 0.490 e. The number of aromatic nitrogens is 1. The Bertz CT molecular complexity index is 1060. The van der Waals surface area contributed by atoms with E-state index in [1.165, 1.54) is 5.56 Å². The number of likely N-dealkylation sites (tertiary alicyclic amines) is 1. The Morgan fingerprint density at radius 1 is 1.05 bits per heavy atom. The Morgan fingerprint density at radius 3 is 2.15 bits per heavy atom. The molecule has 0 aliphatic carbocycles. The molecule has 2 saturated heterocycles. The highest BCUT2D eigenvalue weighted by atomic mass is 32.2. The van der Waals surface area contributed by atoms with Crippen LogP contribution in [0.25, 0.3) is 0 Å². The summed E-state index contributed by atoms with van der Waals surface area (Å²) >= 11 is 2.09. The number of hydrogen-bond acceptors (Lipinski definition) is 7. The minimum Gasteiger partial charge on any atom is -0.497 e. The van der Waals surface area contributed by atoms with Crippen molar-refractivity contribution in [3.63, 3.8) is 0 Å². The molecule has 1 spiro atoms. The van der Waals surface area contributed by atoms with Crippen molar-refractivity contribution in [2.24, 2.45) is 0 Å². The van der Waals surface area contributed by atoms with Gasteiger partial charge in [-0.1, -0.05) is 18.2 Å². The van der Waals surface area contributed by atoms with Crippen LogP contribution < -0.4 is 4.74 Å². The van der Waals surface area contributed by atoms with Crippen molar-refractivity contribution in [1.82, 2.24) is 9.88 Å². The number of benzene rings is 1. The summed E-state index contributed by atoms with van der Waals surface area (Å²) in [6, 6.07) is 12.4. The van der Waals surface area contributed by atoms with Gasteiger partial charge in [0.2, 0.25) is 0 Å². The van der Waals surface area contributed by atoms with Crippen LogP contribution in [0.5, 0.6) is 5.75 Å². The second kappa shape index (κ2) is 13.8. The number of carboxylic acid groups (broad SMARTS) is 2. The van der Waals surface area contributed by atoms with Crippen molar-refractivity contribution in [2.45, 2.75) is 42.8 Å². The van der Waals surface area contributed by atoms with Crippen LogP contribution in [0.2, 0.25) is 0 Å². The third kappa shape index (κ3) is 10.9. The fourth-order valence-electron chi connectivity index (χ4n) is 3.74. The van der Waals surface area contributed by atoms with Crippen LogP contribution in [-0.2, 0) is 27.5 Å². The lowest BCUT2D eigenvalue weighted by Crippen LogP contribution is -2.58. The van der Waals surface area contributed by atoms with Crippen molar-refractivity contribution < 1.29 is 55.6 Å². The Hall–Kier alpha value is -3.04. The van der Waals surface area contributed by atoms with Gasteiger partial charge in [-0.05, 0) is 35.7 Å². The Kier molecular flexibility index (Phi) is 11.4. The number of methoxy groups -OCH3 is 1. The number of hydrogen-bond donors (Lipinski definition) is 2. The molecule has 1 atom stereocenters. The second-order valence-corrected chi connectivity index (χ2v) is 10.1. The molecule has 1 aromatic heterocycles. The van der Waals surface area contributed by atoms with Gasteiger partial charge in [-0.3, -0.25) is 9.88 Å². The minimum absolute atomic E-state index is 0.365. The molecule has 2 aromatic rings. The van der Waals surface area contributed by atoms with Gasteiger partial charge in [0, 0.05) is 42.5 Å². The smallest absolute Gasteiger partial charge is 0.490 e. The molecule has 2 aliphatic rings. The number of nitrogens with zero attached hydrogens (tertiary/aromatic N) is 2. The number of ether oxygens (including phenoxy) is 2. The average Bonchev–Trinajstić information content (AvgIpc) is 3.27. The number of halogens is 6. The summed E-state index contributed by atoms with van der Waals surface area (Å²) in [4.78, 5) is 24.5. The van der Waals surface area contributed by atoms with E-state index in [2.05, 4.69) is 45.9 Å². The van der Waals surface area contributed by atoms with Crippen LogP contribution in [0.15, 0.2) is 48.8 Å². The molecule has 4 rings (SSSR count). The molecule has 0 saturated carbocycles. The van der Waals surface area contributed by atoms with Gasteiger partial charge in [0.1, 0.15) is 5.75 Å². The van der Waals surface area contributed by atoms with Crippen molar-refractivity contribution in [1.29, 1.82) is 0 Å². The van der Waals surface area contributed by atoms with Gasteiger partial charge in [0.15, 0.2) is 0 Å². The normalized spacial score (nSPS) is 18.2. The number of aliphatic carboxylic acids is 2. The predicted octanol–water partition coefficient (Wildman–Crippen LogP) is 4.63. The third-order valence-corrected chi connectivity index (χ3v) is 7.01. The van der Waals surface area contributed by atoms with Crippen molar-refractivity contribution in [2.75, 3.05) is 26.0 Å². The first-order valence-electron chi connectivity index (χ1n) is 11.2. The van der Waals surface area contributed by atoms with Crippen LogP contribution in [0.4, 0.5) is 26.3 Å². The van der Waals surface area contributed by atoms with Gasteiger partial charge in [-0.2, -0.15) is 26.3 Å². The SMILES string of the molecule is COc1cccc(CN2CC3(CC(OCc4cccnc4)CS3)C2)c1.O=C(O)C(F)(F)F.O=C(O)C(F)(F)F. The molecule has 8 nitrogen and oxygen atoms in total. The van der Waals surface area contributed by atoms with E-state index in [0.717, 1.165) is 43.1 Å². The van der Waals surface area contributed by atoms with Gasteiger partial charge >= 0.3 is 24.3 Å². The molecule has 1 unspecified atom stereocenters. The lowest BCUT2D eigenvalue weighted by molar-refractivity contribution is -0.193. The zero-order valence-electron chi connectivity index (χ0n) is 20.5. The molecule has 2 N–H and O–H groups in total. The molecule has 39 heavy (non-hydrogen) atoms. The maximum atomic E-state index is 10.6. The summed E-state index contributed by atoms with van der Waals surface area (Å²) in [6.07, 6.45) is -4.96. The van der Waals surface area contributed by atoms with Crippen molar-refractivity contribution in [3.8, 4) is 5.75 Å². The van der Waals surface area contributed by atoms with Crippen LogP contribution in [0.1, 0.15) is 17.5 Å². The second-order valence-electron chi connectivity index (χ2n) is 8.59. The van der Waals surface area contributed by atoms with Crippen LogP contribution >= 0.6 is 11.8 Å². The summed E-state index contributed by atoms with van der Waals surface area (Å²) in [5.41, 5.74) is 2.48. The highest BCUT2D eigenvalue weighted by Crippen LogP contribution is 2.46. The van der Waals surface area contributed by atoms with Crippen molar-refractivity contribution >= 4 is 23.7 Å². The quantitative estimate of drug-likeness (QED) is 0.470. The molecular formula is C24H26F6N2O6S. The molecule has 0 radical (unpaired) electrons. The van der Waals surface area contributed by atoms with E-state index in [-0.39, 0.29) is 0 Å². The van der Waals surface area contributed by atoms with E-state index in [4.69, 9.17) is 29.3 Å². The monoisotopic (exact) mass is 584 g/mol. The number of thioether (sulfide) groups is 1. The lowest BCUT2D eigenvalue weighted by atomic mass is 9.92. The molecule has 216 valence electrons. The van der Waals surface area contributed by atoms with Gasteiger partial charge in [0.25, 0.3) is 0 Å². The molecule has 0 bridgehead atoms. The fraction of sp³-hybridized carbons (Fsp3) is 0.458. The van der Waals surface area contributed by atoms with Gasteiger partial charge in [-0.25, -0.2) is 9.59 Å². The first-order chi connectivity index (χ1) is 18.1. The highest BCUT2D eigenvalue weighted by Gasteiger charge is 2.49. The minimum atomic E-state index is -5.08. The van der Waals surface area contributed by atoms with E-state index in [1.54, 1.807) is 13.3 Å². The Balaban J connectivity index is 0.000000317. The fourth-order valence-corrected chi connectivity index (χ4v) is 5.34. The summed E-state index contributed by atoms with van der Waals surface area (Å²) in [5.74, 6) is -3.47. The number of rotatable bonds is 6. The number of alkyl halides is 6. The van der Waals surface area contributed by atoms with Crippen molar-refractivity contribution in [3.05, 3.63) is 59.9 Å². The van der Waals surface area contributed by atoms with E-state index in [0.29, 0.717) is 17.5 Å². The summed E-state index contributed by atoms with van der Waals surface area (Å²) in [6.45, 7) is 3.98. The number of pyridine rings is 1. The summed E-state index contributed by atoms with van der Waals surface area (Å²) < 4.78 is 75.3. The van der Waals surface area contributed by atoms with E-state index in [9.17, 15) is 26.3 Å². The van der Waals surface area contributed by atoms with Crippen LogP contribution in [-0.4, -0.2) is 81.2 Å². The first-order valence-corrected chi connectivity index (χ1v) is 12.2.